The van der Waals surface area contributed by atoms with Crippen molar-refractivity contribution >= 4 is 23.9 Å². The molecule has 240 valence electrons. The third-order valence-electron chi connectivity index (χ3n) is 7.88. The molecule has 2 heterocycles. The lowest BCUT2D eigenvalue weighted by molar-refractivity contribution is -0.134. The summed E-state index contributed by atoms with van der Waals surface area (Å²) in [5.74, 6) is -1.75. The minimum atomic E-state index is -2.95. The van der Waals surface area contributed by atoms with E-state index in [1.54, 1.807) is 49.9 Å². The number of hydrogen-bond acceptors (Lipinski definition) is 5. The van der Waals surface area contributed by atoms with Gasteiger partial charge >= 0.3 is 12.1 Å². The second-order valence-electron chi connectivity index (χ2n) is 12.9. The van der Waals surface area contributed by atoms with Gasteiger partial charge in [0.05, 0.1) is 13.2 Å². The summed E-state index contributed by atoms with van der Waals surface area (Å²) in [6.07, 6.45) is 1.38. The Kier molecular flexibility index (Phi) is 11.4. The minimum Gasteiger partial charge on any atom is -0.494 e. The summed E-state index contributed by atoms with van der Waals surface area (Å²) in [6, 6.07) is 5.24. The highest BCUT2D eigenvalue weighted by Crippen LogP contribution is 2.31. The summed E-state index contributed by atoms with van der Waals surface area (Å²) in [5.41, 5.74) is 5.48. The van der Waals surface area contributed by atoms with Crippen LogP contribution in [0.4, 0.5) is 18.4 Å². The molecule has 0 spiro atoms. The van der Waals surface area contributed by atoms with Gasteiger partial charge in [-0.25, -0.2) is 18.4 Å². The number of aliphatic imine (C=N–C) groups is 1. The lowest BCUT2D eigenvalue weighted by Crippen LogP contribution is -2.44. The minimum absolute atomic E-state index is 0.0290. The van der Waals surface area contributed by atoms with Gasteiger partial charge in [0, 0.05) is 32.0 Å². The van der Waals surface area contributed by atoms with Crippen LogP contribution in [0.3, 0.4) is 0 Å². The van der Waals surface area contributed by atoms with Gasteiger partial charge in [-0.3, -0.25) is 4.79 Å². The number of rotatable bonds is 9. The van der Waals surface area contributed by atoms with Crippen molar-refractivity contribution in [2.45, 2.75) is 84.8 Å². The summed E-state index contributed by atoms with van der Waals surface area (Å²) in [4.78, 5) is 44.9. The van der Waals surface area contributed by atoms with Crippen LogP contribution in [0.1, 0.15) is 78.8 Å². The Morgan fingerprint density at radius 2 is 1.70 bits per heavy atom. The summed E-state index contributed by atoms with van der Waals surface area (Å²) < 4.78 is 38.9. The van der Waals surface area contributed by atoms with Crippen molar-refractivity contribution in [3.8, 4) is 5.75 Å². The van der Waals surface area contributed by atoms with E-state index in [0.717, 1.165) is 24.2 Å². The van der Waals surface area contributed by atoms with Crippen LogP contribution in [0, 0.1) is 17.8 Å². The second kappa shape index (κ2) is 14.4. The molecule has 0 radical (unpaired) electrons. The first-order valence-electron chi connectivity index (χ1n) is 15.1. The molecule has 43 heavy (non-hydrogen) atoms. The smallest absolute Gasteiger partial charge is 0.408 e. The normalized spacial score (nSPS) is 19.2. The Labute approximate surface area is 253 Å². The number of nitrogens with two attached hydrogens (primary N) is 1. The molecule has 4 amide bonds. The summed E-state index contributed by atoms with van der Waals surface area (Å²) >= 11 is 0. The van der Waals surface area contributed by atoms with Crippen LogP contribution in [0.2, 0.25) is 0 Å². The Balaban J connectivity index is 1.53. The number of hydrogen-bond donors (Lipinski definition) is 2. The average Bonchev–Trinajstić information content (AvgIpc) is 3.30. The molecule has 3 rings (SSSR count). The first-order chi connectivity index (χ1) is 20.0. The van der Waals surface area contributed by atoms with E-state index in [4.69, 9.17) is 15.2 Å². The maximum absolute atomic E-state index is 13.8. The molecule has 1 aromatic rings. The molecule has 3 N–H and O–H groups in total. The quantitative estimate of drug-likeness (QED) is 0.287. The van der Waals surface area contributed by atoms with Crippen molar-refractivity contribution in [2.75, 3.05) is 32.8 Å². The predicted octanol–water partition coefficient (Wildman–Crippen LogP) is 5.37. The number of piperidine rings is 1. The highest BCUT2D eigenvalue weighted by Gasteiger charge is 2.42. The van der Waals surface area contributed by atoms with Crippen LogP contribution in [0.5, 0.6) is 5.75 Å². The molecule has 0 bridgehead atoms. The van der Waals surface area contributed by atoms with Gasteiger partial charge in [0.15, 0.2) is 0 Å². The Morgan fingerprint density at radius 3 is 2.23 bits per heavy atom. The van der Waals surface area contributed by atoms with E-state index in [0.29, 0.717) is 48.7 Å². The standard InChI is InChI=1S/C31H47F2N5O5/c1-20(2)26(34)36-28(40)37-15-11-22(12-16-37)21(3)13-18-42-24-9-7-23(8-10-24)25(35-29(41)43-30(4,5)6)27(39)38-17-14-31(32,33)19-38/h7-10,20-22,25H,11-19H2,1-6H3,(H,35,41)(H2,34,36,40)/t21-,25+/m1/s1. The number of nitrogens with one attached hydrogen (secondary N) is 1. The number of halogens is 2. The van der Waals surface area contributed by atoms with Gasteiger partial charge < -0.3 is 30.3 Å². The van der Waals surface area contributed by atoms with E-state index in [-0.39, 0.29) is 18.5 Å². The van der Waals surface area contributed by atoms with E-state index in [9.17, 15) is 23.2 Å². The molecular weight excluding hydrogens is 560 g/mol. The number of amidine groups is 1. The summed E-state index contributed by atoms with van der Waals surface area (Å²) in [6.45, 7) is 12.1. The average molecular weight is 608 g/mol. The summed E-state index contributed by atoms with van der Waals surface area (Å²) in [7, 11) is 0. The van der Waals surface area contributed by atoms with Gasteiger partial charge in [-0.2, -0.15) is 4.99 Å². The molecule has 0 aromatic heterocycles. The highest BCUT2D eigenvalue weighted by molar-refractivity contribution is 5.93. The number of alkyl carbamates (subject to hydrolysis) is 1. The first kappa shape index (κ1) is 34.1. The number of likely N-dealkylation sites (tertiary alicyclic amines) is 2. The maximum Gasteiger partial charge on any atom is 0.408 e. The Hall–Kier alpha value is -3.44. The fourth-order valence-electron chi connectivity index (χ4n) is 5.14. The largest absolute Gasteiger partial charge is 0.494 e. The molecule has 12 heteroatoms. The van der Waals surface area contributed by atoms with Crippen LogP contribution in [0.25, 0.3) is 0 Å². The maximum atomic E-state index is 13.8. The van der Waals surface area contributed by atoms with Crippen LogP contribution in [-0.4, -0.2) is 78.0 Å². The van der Waals surface area contributed by atoms with Gasteiger partial charge in [0.1, 0.15) is 23.2 Å². The Bertz CT molecular complexity index is 1140. The molecule has 2 aliphatic rings. The SMILES string of the molecule is CC(C)/C(N)=N/C(=O)N1CCC([C@H](C)CCOc2ccc([C@H](NC(=O)OC(C)(C)C)C(=O)N3CCC(F)(F)C3)cc2)CC1. The van der Waals surface area contributed by atoms with Crippen molar-refractivity contribution in [3.63, 3.8) is 0 Å². The fourth-order valence-corrected chi connectivity index (χ4v) is 5.14. The third-order valence-corrected chi connectivity index (χ3v) is 7.88. The number of nitrogens with zero attached hydrogens (tertiary/aromatic N) is 3. The van der Waals surface area contributed by atoms with Crippen molar-refractivity contribution in [1.29, 1.82) is 0 Å². The Morgan fingerprint density at radius 1 is 1.07 bits per heavy atom. The topological polar surface area (TPSA) is 127 Å². The molecule has 0 aliphatic carbocycles. The number of alkyl halides is 2. The van der Waals surface area contributed by atoms with Gasteiger partial charge in [0.25, 0.3) is 5.92 Å². The third kappa shape index (κ3) is 10.4. The van der Waals surface area contributed by atoms with Crippen molar-refractivity contribution in [1.82, 2.24) is 15.1 Å². The lowest BCUT2D eigenvalue weighted by atomic mass is 9.84. The monoisotopic (exact) mass is 607 g/mol. The molecule has 2 fully saturated rings. The molecule has 1 aromatic carbocycles. The van der Waals surface area contributed by atoms with E-state index in [1.807, 2.05) is 13.8 Å². The zero-order valence-electron chi connectivity index (χ0n) is 26.2. The van der Waals surface area contributed by atoms with Gasteiger partial charge in [0.2, 0.25) is 5.91 Å². The van der Waals surface area contributed by atoms with Crippen LogP contribution in [-0.2, 0) is 9.53 Å². The second-order valence-corrected chi connectivity index (χ2v) is 12.9. The molecule has 2 aliphatic heterocycles. The van der Waals surface area contributed by atoms with E-state index in [1.165, 1.54) is 0 Å². The van der Waals surface area contributed by atoms with Gasteiger partial charge in [-0.05, 0) is 69.6 Å². The van der Waals surface area contributed by atoms with Crippen molar-refractivity contribution in [3.05, 3.63) is 29.8 Å². The predicted molar refractivity (Wildman–Crippen MR) is 160 cm³/mol. The van der Waals surface area contributed by atoms with Crippen LogP contribution < -0.4 is 15.8 Å². The molecule has 2 saturated heterocycles. The van der Waals surface area contributed by atoms with Crippen LogP contribution in [0.15, 0.2) is 29.3 Å². The van der Waals surface area contributed by atoms with Crippen molar-refractivity contribution < 1.29 is 32.6 Å². The highest BCUT2D eigenvalue weighted by atomic mass is 19.3. The zero-order valence-corrected chi connectivity index (χ0v) is 26.2. The van der Waals surface area contributed by atoms with Gasteiger partial charge in [-0.15, -0.1) is 0 Å². The van der Waals surface area contributed by atoms with Gasteiger partial charge in [-0.1, -0.05) is 32.9 Å². The number of ether oxygens (including phenoxy) is 2. The van der Waals surface area contributed by atoms with Crippen molar-refractivity contribution in [2.24, 2.45) is 28.5 Å². The first-order valence-corrected chi connectivity index (χ1v) is 15.1. The lowest BCUT2D eigenvalue weighted by Gasteiger charge is -2.34. The van der Waals surface area contributed by atoms with E-state index in [2.05, 4.69) is 17.2 Å². The number of benzene rings is 1. The molecule has 2 atom stereocenters. The van der Waals surface area contributed by atoms with E-state index < -0.39 is 42.5 Å². The van der Waals surface area contributed by atoms with E-state index >= 15 is 0 Å². The number of amides is 4. The summed E-state index contributed by atoms with van der Waals surface area (Å²) in [5, 5.41) is 2.56. The number of carbonyl (C=O) groups is 3. The zero-order chi connectivity index (χ0) is 31.9. The molecule has 0 unspecified atom stereocenters. The molecule has 10 nitrogen and oxygen atoms in total. The number of carbonyl (C=O) groups excluding carboxylic acids is 3. The molecular formula is C31H47F2N5O5. The molecule has 0 saturated carbocycles. The van der Waals surface area contributed by atoms with Crippen LogP contribution >= 0.6 is 0 Å². The number of urea groups is 1. The fraction of sp³-hybridized carbons (Fsp3) is 0.677.